The Morgan fingerprint density at radius 2 is 2.00 bits per heavy atom. The van der Waals surface area contributed by atoms with Crippen LogP contribution in [0.25, 0.3) is 0 Å². The second kappa shape index (κ2) is 6.64. The van der Waals surface area contributed by atoms with Crippen molar-refractivity contribution in [1.82, 2.24) is 4.90 Å². The second-order valence-corrected chi connectivity index (χ2v) is 5.45. The number of esters is 1. The molecule has 0 aromatic heterocycles. The number of methoxy groups -OCH3 is 1. The first-order chi connectivity index (χ1) is 8.04. The molecule has 0 N–H and O–H groups in total. The van der Waals surface area contributed by atoms with Crippen molar-refractivity contribution in [3.05, 3.63) is 0 Å². The van der Waals surface area contributed by atoms with E-state index in [9.17, 15) is 14.4 Å². The van der Waals surface area contributed by atoms with Gasteiger partial charge in [0.15, 0.2) is 0 Å². The number of thioether (sulfide) groups is 1. The Hall–Kier alpha value is -1.04. The quantitative estimate of drug-likeness (QED) is 0.522. The van der Waals surface area contributed by atoms with E-state index >= 15 is 0 Å². The summed E-state index contributed by atoms with van der Waals surface area (Å²) in [6, 6.07) is 0. The molecule has 0 radical (unpaired) electrons. The highest BCUT2D eigenvalue weighted by atomic mass is 32.2. The van der Waals surface area contributed by atoms with Crippen LogP contribution in [0.1, 0.15) is 26.2 Å². The molecule has 1 atom stereocenters. The van der Waals surface area contributed by atoms with Gasteiger partial charge in [0.25, 0.3) is 0 Å². The third kappa shape index (κ3) is 4.38. The zero-order valence-corrected chi connectivity index (χ0v) is 10.9. The molecule has 0 spiro atoms. The number of carbonyl (C=O) groups excluding carboxylic acids is 3. The largest absolute Gasteiger partial charge is 0.469 e. The van der Waals surface area contributed by atoms with E-state index in [1.807, 2.05) is 6.92 Å². The first-order valence-corrected chi connectivity index (χ1v) is 6.61. The topological polar surface area (TPSA) is 63.7 Å². The highest BCUT2D eigenvalue weighted by molar-refractivity contribution is 7.99. The number of imide groups is 1. The predicted molar refractivity (Wildman–Crippen MR) is 64.5 cm³/mol. The average Bonchev–Trinajstić information content (AvgIpc) is 2.60. The Kier molecular flexibility index (Phi) is 5.47. The van der Waals surface area contributed by atoms with E-state index in [0.29, 0.717) is 31.6 Å². The highest BCUT2D eigenvalue weighted by Crippen LogP contribution is 2.17. The SMILES string of the molecule is COC(=O)CC(C)SCCN1C(=O)CCC1=O. The van der Waals surface area contributed by atoms with E-state index in [2.05, 4.69) is 4.74 Å². The molecular formula is C11H17NO4S. The van der Waals surface area contributed by atoms with Crippen LogP contribution >= 0.6 is 11.8 Å². The van der Waals surface area contributed by atoms with E-state index in [0.717, 1.165) is 0 Å². The summed E-state index contributed by atoms with van der Waals surface area (Å²) in [5.41, 5.74) is 0. The lowest BCUT2D eigenvalue weighted by Gasteiger charge is -2.15. The van der Waals surface area contributed by atoms with Gasteiger partial charge in [-0.1, -0.05) is 6.92 Å². The molecule has 5 nitrogen and oxygen atoms in total. The fraction of sp³-hybridized carbons (Fsp3) is 0.727. The van der Waals surface area contributed by atoms with Gasteiger partial charge in [0.05, 0.1) is 13.5 Å². The van der Waals surface area contributed by atoms with Crippen LogP contribution in [0.15, 0.2) is 0 Å². The number of nitrogens with zero attached hydrogens (tertiary/aromatic N) is 1. The number of hydrogen-bond donors (Lipinski definition) is 0. The van der Waals surface area contributed by atoms with Gasteiger partial charge in [0.1, 0.15) is 0 Å². The maximum absolute atomic E-state index is 11.3. The van der Waals surface area contributed by atoms with E-state index in [1.54, 1.807) is 11.8 Å². The van der Waals surface area contributed by atoms with Gasteiger partial charge in [-0.25, -0.2) is 0 Å². The minimum absolute atomic E-state index is 0.0868. The van der Waals surface area contributed by atoms with Crippen molar-refractivity contribution in [1.29, 1.82) is 0 Å². The number of carbonyl (C=O) groups is 3. The first kappa shape index (κ1) is 14.0. The number of rotatable bonds is 6. The number of ether oxygens (including phenoxy) is 1. The molecule has 1 rings (SSSR count). The maximum Gasteiger partial charge on any atom is 0.306 e. The fourth-order valence-corrected chi connectivity index (χ4v) is 2.54. The fourth-order valence-electron chi connectivity index (χ4n) is 1.59. The summed E-state index contributed by atoms with van der Waals surface area (Å²) in [6.45, 7) is 2.36. The summed E-state index contributed by atoms with van der Waals surface area (Å²) in [5, 5.41) is 0.134. The molecule has 1 aliphatic rings. The van der Waals surface area contributed by atoms with Gasteiger partial charge in [-0.2, -0.15) is 11.8 Å². The molecular weight excluding hydrogens is 242 g/mol. The van der Waals surface area contributed by atoms with E-state index in [4.69, 9.17) is 0 Å². The van der Waals surface area contributed by atoms with Gasteiger partial charge < -0.3 is 4.74 Å². The molecule has 0 bridgehead atoms. The van der Waals surface area contributed by atoms with E-state index in [-0.39, 0.29) is 23.0 Å². The van der Waals surface area contributed by atoms with Gasteiger partial charge in [-0.3, -0.25) is 19.3 Å². The second-order valence-electron chi connectivity index (χ2n) is 3.90. The standard InChI is InChI=1S/C11H17NO4S/c1-8(7-11(15)16-2)17-6-5-12-9(13)3-4-10(12)14/h8H,3-7H2,1-2H3. The Bertz CT molecular complexity index is 303. The zero-order chi connectivity index (χ0) is 12.8. The van der Waals surface area contributed by atoms with Gasteiger partial charge in [-0.15, -0.1) is 0 Å². The number of hydrogen-bond acceptors (Lipinski definition) is 5. The Morgan fingerprint density at radius 1 is 1.41 bits per heavy atom. The third-order valence-corrected chi connectivity index (χ3v) is 3.71. The summed E-state index contributed by atoms with van der Waals surface area (Å²) < 4.78 is 4.56. The minimum Gasteiger partial charge on any atom is -0.469 e. The predicted octanol–water partition coefficient (Wildman–Crippen LogP) is 0.820. The lowest BCUT2D eigenvalue weighted by molar-refractivity contribution is -0.141. The first-order valence-electron chi connectivity index (χ1n) is 5.56. The van der Waals surface area contributed by atoms with Crippen molar-refractivity contribution in [3.8, 4) is 0 Å². The molecule has 1 saturated heterocycles. The van der Waals surface area contributed by atoms with Crippen LogP contribution in [-0.2, 0) is 19.1 Å². The number of likely N-dealkylation sites (tertiary alicyclic amines) is 1. The van der Waals surface area contributed by atoms with Gasteiger partial charge in [-0.05, 0) is 0 Å². The van der Waals surface area contributed by atoms with Crippen molar-refractivity contribution < 1.29 is 19.1 Å². The van der Waals surface area contributed by atoms with Crippen molar-refractivity contribution in [2.75, 3.05) is 19.4 Å². The molecule has 2 amide bonds. The smallest absolute Gasteiger partial charge is 0.306 e. The molecule has 17 heavy (non-hydrogen) atoms. The molecule has 1 aliphatic heterocycles. The van der Waals surface area contributed by atoms with Crippen LogP contribution in [0.4, 0.5) is 0 Å². The van der Waals surface area contributed by atoms with Crippen molar-refractivity contribution in [2.45, 2.75) is 31.4 Å². The van der Waals surface area contributed by atoms with E-state index < -0.39 is 0 Å². The van der Waals surface area contributed by atoms with Crippen molar-refractivity contribution in [2.24, 2.45) is 0 Å². The molecule has 6 heteroatoms. The molecule has 96 valence electrons. The summed E-state index contributed by atoms with van der Waals surface area (Å²) >= 11 is 1.56. The Balaban J connectivity index is 2.21. The van der Waals surface area contributed by atoms with Gasteiger partial charge in [0, 0.05) is 30.4 Å². The summed E-state index contributed by atoms with van der Waals surface area (Å²) in [7, 11) is 1.36. The molecule has 1 fully saturated rings. The third-order valence-electron chi connectivity index (χ3n) is 2.55. The highest BCUT2D eigenvalue weighted by Gasteiger charge is 2.28. The molecule has 0 aliphatic carbocycles. The van der Waals surface area contributed by atoms with Crippen LogP contribution in [-0.4, -0.2) is 47.3 Å². The molecule has 0 aromatic carbocycles. The summed E-state index contributed by atoms with van der Waals surface area (Å²) in [4.78, 5) is 34.9. The summed E-state index contributed by atoms with van der Waals surface area (Å²) in [5.74, 6) is 0.251. The van der Waals surface area contributed by atoms with Crippen LogP contribution in [0.2, 0.25) is 0 Å². The number of amides is 2. The monoisotopic (exact) mass is 259 g/mol. The zero-order valence-electron chi connectivity index (χ0n) is 10.1. The van der Waals surface area contributed by atoms with Crippen LogP contribution < -0.4 is 0 Å². The molecule has 1 heterocycles. The Morgan fingerprint density at radius 3 is 2.53 bits per heavy atom. The minimum atomic E-state index is -0.238. The lowest BCUT2D eigenvalue weighted by Crippen LogP contribution is -2.31. The van der Waals surface area contributed by atoms with Crippen LogP contribution in [0.5, 0.6) is 0 Å². The van der Waals surface area contributed by atoms with Crippen LogP contribution in [0, 0.1) is 0 Å². The van der Waals surface area contributed by atoms with E-state index in [1.165, 1.54) is 12.0 Å². The summed E-state index contributed by atoms with van der Waals surface area (Å²) in [6.07, 6.45) is 1.02. The molecule has 1 unspecified atom stereocenters. The van der Waals surface area contributed by atoms with Crippen LogP contribution in [0.3, 0.4) is 0 Å². The molecule has 0 aromatic rings. The van der Waals surface area contributed by atoms with Crippen molar-refractivity contribution in [3.63, 3.8) is 0 Å². The maximum atomic E-state index is 11.3. The molecule has 0 saturated carbocycles. The Labute approximate surface area is 105 Å². The normalized spacial score (nSPS) is 17.4. The van der Waals surface area contributed by atoms with Gasteiger partial charge >= 0.3 is 5.97 Å². The lowest BCUT2D eigenvalue weighted by atomic mass is 10.3. The van der Waals surface area contributed by atoms with Crippen molar-refractivity contribution >= 4 is 29.5 Å². The average molecular weight is 259 g/mol. The van der Waals surface area contributed by atoms with Gasteiger partial charge in [0.2, 0.25) is 11.8 Å².